The van der Waals surface area contributed by atoms with Crippen LogP contribution in [0.2, 0.25) is 0 Å². The average molecular weight is 739 g/mol. The highest BCUT2D eigenvalue weighted by molar-refractivity contribution is 6.09. The third-order valence-corrected chi connectivity index (χ3v) is 11.6. The molecule has 0 N–H and O–H groups in total. The Bertz CT molecular complexity index is 3200. The second-order valence-electron chi connectivity index (χ2n) is 15.0. The van der Waals surface area contributed by atoms with Crippen molar-refractivity contribution in [1.29, 1.82) is 0 Å². The SMILES string of the molecule is c1cc(N(c2ccc(-c3ccc(-c4ccc5ccccc5c4)cc3)cc2)c2ccc(-c3cccc4ccccc34)cc2)cc(-n2c3ccccc3c3ccccc32)c1. The van der Waals surface area contributed by atoms with Crippen molar-refractivity contribution in [3.8, 4) is 39.1 Å². The van der Waals surface area contributed by atoms with Crippen molar-refractivity contribution >= 4 is 60.4 Å². The number of hydrogen-bond acceptors (Lipinski definition) is 1. The first-order valence-electron chi connectivity index (χ1n) is 19.9. The average Bonchev–Trinajstić information content (AvgIpc) is 3.64. The van der Waals surface area contributed by atoms with Gasteiger partial charge in [-0.2, -0.15) is 0 Å². The van der Waals surface area contributed by atoms with Gasteiger partial charge in [-0.05, 0) is 116 Å². The van der Waals surface area contributed by atoms with Crippen molar-refractivity contribution in [2.75, 3.05) is 4.90 Å². The lowest BCUT2D eigenvalue weighted by molar-refractivity contribution is 1.17. The van der Waals surface area contributed by atoms with Crippen LogP contribution in [0.5, 0.6) is 0 Å². The molecule has 11 aromatic rings. The van der Waals surface area contributed by atoms with E-state index in [1.54, 1.807) is 0 Å². The molecule has 0 saturated carbocycles. The summed E-state index contributed by atoms with van der Waals surface area (Å²) < 4.78 is 2.39. The maximum atomic E-state index is 2.39. The molecule has 0 aliphatic rings. The molecule has 2 heteroatoms. The maximum absolute atomic E-state index is 2.39. The molecule has 0 aliphatic carbocycles. The predicted octanol–water partition coefficient (Wildman–Crippen LogP) is 15.6. The number of anilines is 3. The first-order valence-corrected chi connectivity index (χ1v) is 19.9. The van der Waals surface area contributed by atoms with Crippen molar-refractivity contribution in [2.24, 2.45) is 0 Å². The number of aromatic nitrogens is 1. The molecule has 0 atom stereocenters. The number of para-hydroxylation sites is 2. The molecule has 0 fully saturated rings. The molecule has 11 rings (SSSR count). The van der Waals surface area contributed by atoms with Crippen LogP contribution in [0, 0.1) is 0 Å². The summed E-state index contributed by atoms with van der Waals surface area (Å²) in [7, 11) is 0. The van der Waals surface area contributed by atoms with Gasteiger partial charge >= 0.3 is 0 Å². The second kappa shape index (κ2) is 14.1. The van der Waals surface area contributed by atoms with Crippen LogP contribution in [0.15, 0.2) is 231 Å². The molecule has 1 aromatic heterocycles. The van der Waals surface area contributed by atoms with Gasteiger partial charge in [0.25, 0.3) is 0 Å². The molecule has 58 heavy (non-hydrogen) atoms. The predicted molar refractivity (Wildman–Crippen MR) is 247 cm³/mol. The molecule has 0 amide bonds. The minimum absolute atomic E-state index is 1.09. The van der Waals surface area contributed by atoms with Gasteiger partial charge in [0.15, 0.2) is 0 Å². The molecule has 0 aliphatic heterocycles. The van der Waals surface area contributed by atoms with Crippen LogP contribution in [0.4, 0.5) is 17.1 Å². The summed E-state index contributed by atoms with van der Waals surface area (Å²) in [5.74, 6) is 0. The third-order valence-electron chi connectivity index (χ3n) is 11.6. The van der Waals surface area contributed by atoms with Gasteiger partial charge in [-0.25, -0.2) is 0 Å². The summed E-state index contributed by atoms with van der Waals surface area (Å²) in [6.07, 6.45) is 0. The Morgan fingerprint density at radius 3 is 1.43 bits per heavy atom. The lowest BCUT2D eigenvalue weighted by atomic mass is 9.97. The van der Waals surface area contributed by atoms with E-state index in [0.29, 0.717) is 0 Å². The van der Waals surface area contributed by atoms with E-state index in [4.69, 9.17) is 0 Å². The number of rotatable bonds is 7. The fraction of sp³-hybridized carbons (Fsp3) is 0. The molecule has 0 radical (unpaired) electrons. The highest BCUT2D eigenvalue weighted by Gasteiger charge is 2.17. The van der Waals surface area contributed by atoms with Gasteiger partial charge in [0.05, 0.1) is 11.0 Å². The Morgan fingerprint density at radius 1 is 0.276 bits per heavy atom. The molecular weight excluding hydrogens is 701 g/mol. The second-order valence-corrected chi connectivity index (χ2v) is 15.0. The van der Waals surface area contributed by atoms with Crippen molar-refractivity contribution in [3.63, 3.8) is 0 Å². The number of hydrogen-bond donors (Lipinski definition) is 0. The molecule has 10 aromatic carbocycles. The van der Waals surface area contributed by atoms with Crippen LogP contribution < -0.4 is 4.90 Å². The number of nitrogens with zero attached hydrogens (tertiary/aromatic N) is 2. The molecule has 272 valence electrons. The Balaban J connectivity index is 0.988. The molecule has 0 saturated heterocycles. The summed E-state index contributed by atoms with van der Waals surface area (Å²) in [5.41, 5.74) is 14.0. The highest BCUT2D eigenvalue weighted by atomic mass is 15.1. The largest absolute Gasteiger partial charge is 0.310 e. The van der Waals surface area contributed by atoms with Gasteiger partial charge in [0, 0.05) is 33.5 Å². The minimum atomic E-state index is 1.09. The van der Waals surface area contributed by atoms with Crippen molar-refractivity contribution < 1.29 is 0 Å². The Kier molecular flexibility index (Phi) is 8.19. The van der Waals surface area contributed by atoms with Crippen LogP contribution in [-0.4, -0.2) is 4.57 Å². The van der Waals surface area contributed by atoms with E-state index in [9.17, 15) is 0 Å². The summed E-state index contributed by atoms with van der Waals surface area (Å²) >= 11 is 0. The molecular formula is C56H38N2. The van der Waals surface area contributed by atoms with Crippen molar-refractivity contribution in [2.45, 2.75) is 0 Å². The quantitative estimate of drug-likeness (QED) is 0.158. The van der Waals surface area contributed by atoms with Gasteiger partial charge in [0.1, 0.15) is 0 Å². The van der Waals surface area contributed by atoms with E-state index < -0.39 is 0 Å². The zero-order valence-electron chi connectivity index (χ0n) is 31.8. The standard InChI is InChI=1S/C56H38N2/c1-2-13-45-37-46(28-27-39(45)11-1)42-25-23-40(24-26-42)41-29-33-47(34-30-41)57(48-35-31-44(32-36-48)52-20-9-14-43-12-3-4-17-51(43)52)49-15-10-16-50(38-49)58-55-21-7-5-18-53(55)54-19-6-8-22-56(54)58/h1-38H. The van der Waals surface area contributed by atoms with E-state index in [1.807, 2.05) is 0 Å². The Morgan fingerprint density at radius 2 is 0.759 bits per heavy atom. The summed E-state index contributed by atoms with van der Waals surface area (Å²) in [6, 6.07) is 83.7. The Hall–Kier alpha value is -7.68. The highest BCUT2D eigenvalue weighted by Crippen LogP contribution is 2.40. The van der Waals surface area contributed by atoms with E-state index >= 15 is 0 Å². The topological polar surface area (TPSA) is 8.17 Å². The first kappa shape index (κ1) is 33.6. The Labute approximate surface area is 338 Å². The smallest absolute Gasteiger partial charge is 0.0541 e. The fourth-order valence-corrected chi connectivity index (χ4v) is 8.71. The van der Waals surface area contributed by atoms with Crippen LogP contribution >= 0.6 is 0 Å². The van der Waals surface area contributed by atoms with Crippen LogP contribution in [0.1, 0.15) is 0 Å². The lowest BCUT2D eigenvalue weighted by Gasteiger charge is -2.27. The van der Waals surface area contributed by atoms with Crippen molar-refractivity contribution in [1.82, 2.24) is 4.57 Å². The van der Waals surface area contributed by atoms with Crippen LogP contribution in [0.25, 0.3) is 82.4 Å². The number of benzene rings is 10. The van der Waals surface area contributed by atoms with Crippen LogP contribution in [0.3, 0.4) is 0 Å². The van der Waals surface area contributed by atoms with Gasteiger partial charge in [-0.1, -0.05) is 170 Å². The summed E-state index contributed by atoms with van der Waals surface area (Å²) in [5, 5.41) is 7.53. The minimum Gasteiger partial charge on any atom is -0.310 e. The lowest BCUT2D eigenvalue weighted by Crippen LogP contribution is -2.10. The van der Waals surface area contributed by atoms with Crippen LogP contribution in [-0.2, 0) is 0 Å². The molecule has 2 nitrogen and oxygen atoms in total. The maximum Gasteiger partial charge on any atom is 0.0541 e. The zero-order valence-corrected chi connectivity index (χ0v) is 31.8. The normalized spacial score (nSPS) is 11.4. The molecule has 0 bridgehead atoms. The fourth-order valence-electron chi connectivity index (χ4n) is 8.71. The van der Waals surface area contributed by atoms with Crippen molar-refractivity contribution in [3.05, 3.63) is 231 Å². The molecule has 1 heterocycles. The summed E-state index contributed by atoms with van der Waals surface area (Å²) in [6.45, 7) is 0. The first-order chi connectivity index (χ1) is 28.7. The summed E-state index contributed by atoms with van der Waals surface area (Å²) in [4.78, 5) is 2.37. The van der Waals surface area contributed by atoms with E-state index in [0.717, 1.165) is 22.7 Å². The monoisotopic (exact) mass is 738 g/mol. The van der Waals surface area contributed by atoms with Gasteiger partial charge < -0.3 is 9.47 Å². The molecule has 0 unspecified atom stereocenters. The van der Waals surface area contributed by atoms with E-state index in [1.165, 1.54) is 76.7 Å². The van der Waals surface area contributed by atoms with E-state index in [2.05, 4.69) is 240 Å². The van der Waals surface area contributed by atoms with Gasteiger partial charge in [-0.3, -0.25) is 0 Å². The zero-order chi connectivity index (χ0) is 38.4. The third kappa shape index (κ3) is 5.91. The number of fused-ring (bicyclic) bond motifs is 5. The molecule has 0 spiro atoms. The van der Waals surface area contributed by atoms with E-state index in [-0.39, 0.29) is 0 Å². The van der Waals surface area contributed by atoms with Gasteiger partial charge in [0.2, 0.25) is 0 Å². The van der Waals surface area contributed by atoms with Gasteiger partial charge in [-0.15, -0.1) is 0 Å².